The number of hydrogen-bond acceptors (Lipinski definition) is 4. The molecule has 1 heterocycles. The topological polar surface area (TPSA) is 56.6 Å². The fourth-order valence-electron chi connectivity index (χ4n) is 1.36. The second-order valence-electron chi connectivity index (χ2n) is 3.67. The molecule has 0 radical (unpaired) electrons. The molecule has 0 amide bonds. The lowest BCUT2D eigenvalue weighted by molar-refractivity contribution is 0.0669. The Bertz CT molecular complexity index is 267. The van der Waals surface area contributed by atoms with Gasteiger partial charge in [-0.15, -0.1) is 0 Å². The van der Waals surface area contributed by atoms with E-state index in [1.54, 1.807) is 6.20 Å². The summed E-state index contributed by atoms with van der Waals surface area (Å²) in [6.07, 6.45) is 1.98. The number of pyridine rings is 1. The summed E-state index contributed by atoms with van der Waals surface area (Å²) in [6, 6.07) is 5.84. The van der Waals surface area contributed by atoms with E-state index in [1.165, 1.54) is 0 Å². The molecule has 15 heavy (non-hydrogen) atoms. The zero-order valence-electron chi connectivity index (χ0n) is 9.00. The average molecular weight is 210 g/mol. The SMILES string of the molecule is CN(CCc1ccccn1)CC(O)CO. The van der Waals surface area contributed by atoms with Crippen molar-refractivity contribution in [2.24, 2.45) is 0 Å². The highest BCUT2D eigenvalue weighted by Gasteiger charge is 2.06. The molecule has 0 saturated carbocycles. The predicted molar refractivity (Wildman–Crippen MR) is 58.5 cm³/mol. The first-order valence-corrected chi connectivity index (χ1v) is 5.09. The maximum absolute atomic E-state index is 9.22. The molecule has 1 rings (SSSR count). The van der Waals surface area contributed by atoms with Crippen molar-refractivity contribution in [3.05, 3.63) is 30.1 Å². The van der Waals surface area contributed by atoms with Crippen LogP contribution in [-0.4, -0.2) is 52.9 Å². The van der Waals surface area contributed by atoms with Crippen molar-refractivity contribution in [2.75, 3.05) is 26.7 Å². The number of aliphatic hydroxyl groups is 2. The van der Waals surface area contributed by atoms with Crippen LogP contribution in [0, 0.1) is 0 Å². The Labute approximate surface area is 90.2 Å². The Morgan fingerprint density at radius 3 is 2.87 bits per heavy atom. The van der Waals surface area contributed by atoms with Gasteiger partial charge in [0.2, 0.25) is 0 Å². The van der Waals surface area contributed by atoms with Crippen molar-refractivity contribution in [3.8, 4) is 0 Å². The summed E-state index contributed by atoms with van der Waals surface area (Å²) in [5, 5.41) is 17.9. The van der Waals surface area contributed by atoms with Crippen LogP contribution in [0.25, 0.3) is 0 Å². The highest BCUT2D eigenvalue weighted by atomic mass is 16.3. The second-order valence-corrected chi connectivity index (χ2v) is 3.67. The molecule has 1 atom stereocenters. The third-order valence-corrected chi connectivity index (χ3v) is 2.21. The molecular formula is C11H18N2O2. The van der Waals surface area contributed by atoms with Gasteiger partial charge in [-0.25, -0.2) is 0 Å². The van der Waals surface area contributed by atoms with Crippen LogP contribution >= 0.6 is 0 Å². The standard InChI is InChI=1S/C11H18N2O2/c1-13(8-11(15)9-14)7-5-10-4-2-3-6-12-10/h2-4,6,11,14-15H,5,7-9H2,1H3. The van der Waals surface area contributed by atoms with E-state index in [2.05, 4.69) is 4.98 Å². The minimum atomic E-state index is -0.654. The molecule has 4 nitrogen and oxygen atoms in total. The molecule has 0 aromatic carbocycles. The summed E-state index contributed by atoms with van der Waals surface area (Å²) >= 11 is 0. The quantitative estimate of drug-likeness (QED) is 0.689. The van der Waals surface area contributed by atoms with Crippen LogP contribution < -0.4 is 0 Å². The van der Waals surface area contributed by atoms with Gasteiger partial charge >= 0.3 is 0 Å². The molecular weight excluding hydrogens is 192 g/mol. The molecule has 2 N–H and O–H groups in total. The summed E-state index contributed by atoms with van der Waals surface area (Å²) in [6.45, 7) is 1.13. The Kier molecular flexibility index (Phi) is 5.25. The third kappa shape index (κ3) is 4.88. The molecule has 4 heteroatoms. The van der Waals surface area contributed by atoms with Crippen molar-refractivity contribution < 1.29 is 10.2 Å². The largest absolute Gasteiger partial charge is 0.394 e. The normalized spacial score (nSPS) is 13.1. The van der Waals surface area contributed by atoms with Gasteiger partial charge in [-0.2, -0.15) is 0 Å². The number of nitrogens with zero attached hydrogens (tertiary/aromatic N) is 2. The monoisotopic (exact) mass is 210 g/mol. The molecule has 1 aromatic rings. The molecule has 0 aliphatic heterocycles. The minimum Gasteiger partial charge on any atom is -0.394 e. The molecule has 0 aliphatic rings. The van der Waals surface area contributed by atoms with E-state index >= 15 is 0 Å². The predicted octanol–water partition coefficient (Wildman–Crippen LogP) is -0.0909. The van der Waals surface area contributed by atoms with Gasteiger partial charge in [0.1, 0.15) is 0 Å². The van der Waals surface area contributed by atoms with Crippen LogP contribution in [0.1, 0.15) is 5.69 Å². The molecule has 0 fully saturated rings. The number of aromatic nitrogens is 1. The molecule has 0 aliphatic carbocycles. The van der Waals surface area contributed by atoms with Gasteiger partial charge in [0, 0.05) is 31.4 Å². The number of rotatable bonds is 6. The van der Waals surface area contributed by atoms with Gasteiger partial charge in [0.25, 0.3) is 0 Å². The molecule has 0 spiro atoms. The van der Waals surface area contributed by atoms with E-state index in [0.29, 0.717) is 6.54 Å². The van der Waals surface area contributed by atoms with Crippen LogP contribution in [0.5, 0.6) is 0 Å². The molecule has 0 saturated heterocycles. The van der Waals surface area contributed by atoms with E-state index in [-0.39, 0.29) is 6.61 Å². The maximum Gasteiger partial charge on any atom is 0.0897 e. The summed E-state index contributed by atoms with van der Waals surface area (Å²) in [5.74, 6) is 0. The van der Waals surface area contributed by atoms with Crippen molar-refractivity contribution in [1.82, 2.24) is 9.88 Å². The summed E-state index contributed by atoms with van der Waals surface area (Å²) < 4.78 is 0. The summed E-state index contributed by atoms with van der Waals surface area (Å²) in [5.41, 5.74) is 1.04. The first-order valence-electron chi connectivity index (χ1n) is 5.09. The van der Waals surface area contributed by atoms with Crippen LogP contribution in [0.2, 0.25) is 0 Å². The minimum absolute atomic E-state index is 0.187. The summed E-state index contributed by atoms with van der Waals surface area (Å²) in [7, 11) is 1.92. The summed E-state index contributed by atoms with van der Waals surface area (Å²) in [4.78, 5) is 6.19. The van der Waals surface area contributed by atoms with Gasteiger partial charge in [-0.3, -0.25) is 4.98 Å². The zero-order valence-corrected chi connectivity index (χ0v) is 9.00. The molecule has 1 aromatic heterocycles. The highest BCUT2D eigenvalue weighted by molar-refractivity contribution is 5.03. The molecule has 84 valence electrons. The Hall–Kier alpha value is -0.970. The fraction of sp³-hybridized carbons (Fsp3) is 0.545. The lowest BCUT2D eigenvalue weighted by Gasteiger charge is -2.18. The van der Waals surface area contributed by atoms with Crippen LogP contribution in [0.4, 0.5) is 0 Å². The zero-order chi connectivity index (χ0) is 11.1. The van der Waals surface area contributed by atoms with E-state index in [0.717, 1.165) is 18.7 Å². The van der Waals surface area contributed by atoms with Crippen molar-refractivity contribution in [3.63, 3.8) is 0 Å². The first-order chi connectivity index (χ1) is 7.22. The van der Waals surface area contributed by atoms with Crippen LogP contribution in [0.3, 0.4) is 0 Å². The second kappa shape index (κ2) is 6.50. The number of likely N-dealkylation sites (N-methyl/N-ethyl adjacent to an activating group) is 1. The smallest absolute Gasteiger partial charge is 0.0897 e. The average Bonchev–Trinajstić information content (AvgIpc) is 2.27. The Balaban J connectivity index is 2.25. The number of hydrogen-bond donors (Lipinski definition) is 2. The van der Waals surface area contributed by atoms with Gasteiger partial charge in [-0.05, 0) is 19.2 Å². The van der Waals surface area contributed by atoms with Crippen molar-refractivity contribution >= 4 is 0 Å². The van der Waals surface area contributed by atoms with E-state index < -0.39 is 6.10 Å². The van der Waals surface area contributed by atoms with Crippen molar-refractivity contribution in [2.45, 2.75) is 12.5 Å². The van der Waals surface area contributed by atoms with Crippen molar-refractivity contribution in [1.29, 1.82) is 0 Å². The molecule has 0 bridgehead atoms. The van der Waals surface area contributed by atoms with Gasteiger partial charge < -0.3 is 15.1 Å². The lowest BCUT2D eigenvalue weighted by Crippen LogP contribution is -2.32. The number of aliphatic hydroxyl groups excluding tert-OH is 2. The maximum atomic E-state index is 9.22. The highest BCUT2D eigenvalue weighted by Crippen LogP contribution is 1.97. The fourth-order valence-corrected chi connectivity index (χ4v) is 1.36. The van der Waals surface area contributed by atoms with Gasteiger partial charge in [0.05, 0.1) is 12.7 Å². The first kappa shape index (κ1) is 12.1. The Morgan fingerprint density at radius 2 is 2.27 bits per heavy atom. The van der Waals surface area contributed by atoms with Crippen LogP contribution in [0.15, 0.2) is 24.4 Å². The third-order valence-electron chi connectivity index (χ3n) is 2.21. The Morgan fingerprint density at radius 1 is 1.47 bits per heavy atom. The molecule has 1 unspecified atom stereocenters. The van der Waals surface area contributed by atoms with Gasteiger partial charge in [0.15, 0.2) is 0 Å². The van der Waals surface area contributed by atoms with E-state index in [4.69, 9.17) is 5.11 Å². The van der Waals surface area contributed by atoms with Gasteiger partial charge in [-0.1, -0.05) is 6.07 Å². The van der Waals surface area contributed by atoms with E-state index in [1.807, 2.05) is 30.1 Å². The van der Waals surface area contributed by atoms with Crippen LogP contribution in [-0.2, 0) is 6.42 Å². The lowest BCUT2D eigenvalue weighted by atomic mass is 10.2. The van der Waals surface area contributed by atoms with E-state index in [9.17, 15) is 5.11 Å².